The van der Waals surface area contributed by atoms with Gasteiger partial charge in [-0.25, -0.2) is 13.9 Å². The molecule has 5 nitrogen and oxygen atoms in total. The summed E-state index contributed by atoms with van der Waals surface area (Å²) in [5, 5.41) is 4.82. The molecule has 1 aromatic carbocycles. The minimum Gasteiger partial charge on any atom is -0.384 e. The number of pyridine rings is 2. The maximum atomic E-state index is 13.4. The third-order valence-electron chi connectivity index (χ3n) is 5.35. The van der Waals surface area contributed by atoms with E-state index in [1.165, 1.54) is 25.0 Å². The molecule has 4 aromatic rings. The van der Waals surface area contributed by atoms with Crippen molar-refractivity contribution in [1.82, 2.24) is 14.6 Å². The van der Waals surface area contributed by atoms with E-state index in [9.17, 15) is 4.39 Å². The zero-order valence-corrected chi connectivity index (χ0v) is 15.2. The van der Waals surface area contributed by atoms with Crippen LogP contribution < -0.4 is 11.5 Å². The number of nitrogen functional groups attached to an aromatic ring is 1. The lowest BCUT2D eigenvalue weighted by Gasteiger charge is -2.11. The molecule has 0 bridgehead atoms. The molecule has 0 radical (unpaired) electrons. The van der Waals surface area contributed by atoms with Crippen molar-refractivity contribution in [1.29, 1.82) is 0 Å². The Kier molecular flexibility index (Phi) is 3.87. The van der Waals surface area contributed by atoms with E-state index in [0.717, 1.165) is 33.5 Å². The number of nitrogens with two attached hydrogens (primary N) is 2. The second-order valence-electron chi connectivity index (χ2n) is 7.36. The predicted molar refractivity (Wildman–Crippen MR) is 108 cm³/mol. The smallest absolute Gasteiger partial charge is 0.123 e. The normalized spacial score (nSPS) is 15.1. The van der Waals surface area contributed by atoms with Gasteiger partial charge in [-0.05, 0) is 72.4 Å². The first kappa shape index (κ1) is 16.9. The molecule has 5 rings (SSSR count). The van der Waals surface area contributed by atoms with E-state index in [2.05, 4.69) is 11.1 Å². The number of fused-ring (bicyclic) bond motifs is 1. The van der Waals surface area contributed by atoms with E-state index in [0.29, 0.717) is 11.7 Å². The van der Waals surface area contributed by atoms with E-state index in [1.807, 2.05) is 28.9 Å². The average Bonchev–Trinajstić information content (AvgIpc) is 3.48. The van der Waals surface area contributed by atoms with Crippen molar-refractivity contribution in [3.63, 3.8) is 0 Å². The molecule has 1 atom stereocenters. The standard InChI is InChI=1S/C22H20FN5/c23-17-6-3-14(4-7-17)22-20(15-9-10-26-19(24)11-15)18-8-5-16(12-28(18)27-22)21(25)13-1-2-13/h3-13,21H,1-2,25H2,(H2,24,26)/t21-/m0/s1. The van der Waals surface area contributed by atoms with Gasteiger partial charge in [-0.2, -0.15) is 5.10 Å². The molecule has 1 aliphatic rings. The molecule has 0 amide bonds. The van der Waals surface area contributed by atoms with Crippen molar-refractivity contribution in [2.75, 3.05) is 5.73 Å². The van der Waals surface area contributed by atoms with Crippen LogP contribution in [0.2, 0.25) is 0 Å². The molecule has 4 N–H and O–H groups in total. The van der Waals surface area contributed by atoms with Crippen LogP contribution in [0.1, 0.15) is 24.4 Å². The molecule has 0 saturated heterocycles. The van der Waals surface area contributed by atoms with E-state index in [1.54, 1.807) is 18.3 Å². The van der Waals surface area contributed by atoms with Crippen LogP contribution in [-0.2, 0) is 0 Å². The Bertz CT molecular complexity index is 1160. The number of halogens is 1. The van der Waals surface area contributed by atoms with Gasteiger partial charge in [-0.15, -0.1) is 0 Å². The maximum absolute atomic E-state index is 13.4. The summed E-state index contributed by atoms with van der Waals surface area (Å²) in [5.41, 5.74) is 17.8. The largest absolute Gasteiger partial charge is 0.384 e. The SMILES string of the molecule is Nc1cc(-c2c(-c3ccc(F)cc3)nn3cc([C@@H](N)C4CC4)ccc23)ccn1. The topological polar surface area (TPSA) is 82.2 Å². The van der Waals surface area contributed by atoms with Crippen LogP contribution >= 0.6 is 0 Å². The zero-order chi connectivity index (χ0) is 19.3. The Balaban J connectivity index is 1.73. The van der Waals surface area contributed by atoms with Gasteiger partial charge in [0, 0.05) is 29.6 Å². The molecular weight excluding hydrogens is 353 g/mol. The van der Waals surface area contributed by atoms with Gasteiger partial charge in [-0.3, -0.25) is 0 Å². The van der Waals surface area contributed by atoms with Crippen LogP contribution in [0.15, 0.2) is 60.9 Å². The Morgan fingerprint density at radius 3 is 2.54 bits per heavy atom. The van der Waals surface area contributed by atoms with Crippen molar-refractivity contribution < 1.29 is 4.39 Å². The third kappa shape index (κ3) is 2.92. The minimum absolute atomic E-state index is 0.0305. The van der Waals surface area contributed by atoms with E-state index in [-0.39, 0.29) is 11.9 Å². The molecule has 1 fully saturated rings. The predicted octanol–water partition coefficient (Wildman–Crippen LogP) is 4.19. The molecule has 28 heavy (non-hydrogen) atoms. The van der Waals surface area contributed by atoms with Gasteiger partial charge in [0.15, 0.2) is 0 Å². The van der Waals surface area contributed by atoms with Crippen LogP contribution in [0.5, 0.6) is 0 Å². The van der Waals surface area contributed by atoms with Gasteiger partial charge < -0.3 is 11.5 Å². The molecule has 140 valence electrons. The minimum atomic E-state index is -0.278. The Morgan fingerprint density at radius 1 is 1.04 bits per heavy atom. The molecule has 6 heteroatoms. The second-order valence-corrected chi connectivity index (χ2v) is 7.36. The summed E-state index contributed by atoms with van der Waals surface area (Å²) in [5.74, 6) is 0.721. The van der Waals surface area contributed by atoms with Gasteiger partial charge in [0.1, 0.15) is 17.3 Å². The van der Waals surface area contributed by atoms with E-state index < -0.39 is 0 Å². The van der Waals surface area contributed by atoms with Crippen molar-refractivity contribution >= 4 is 11.3 Å². The van der Waals surface area contributed by atoms with Crippen molar-refractivity contribution in [3.05, 3.63) is 72.3 Å². The first-order chi connectivity index (χ1) is 13.6. The van der Waals surface area contributed by atoms with Crippen molar-refractivity contribution in [2.45, 2.75) is 18.9 Å². The summed E-state index contributed by atoms with van der Waals surface area (Å²) in [4.78, 5) is 4.09. The monoisotopic (exact) mass is 373 g/mol. The lowest BCUT2D eigenvalue weighted by atomic mass is 9.99. The number of aromatic nitrogens is 3. The first-order valence-electron chi connectivity index (χ1n) is 9.36. The van der Waals surface area contributed by atoms with Gasteiger partial charge in [0.2, 0.25) is 0 Å². The van der Waals surface area contributed by atoms with Gasteiger partial charge in [-0.1, -0.05) is 6.07 Å². The summed E-state index contributed by atoms with van der Waals surface area (Å²) in [6, 6.07) is 14.2. The maximum Gasteiger partial charge on any atom is 0.123 e. The second kappa shape index (κ2) is 6.42. The lowest BCUT2D eigenvalue weighted by Crippen LogP contribution is -2.13. The van der Waals surface area contributed by atoms with E-state index >= 15 is 0 Å². The highest BCUT2D eigenvalue weighted by atomic mass is 19.1. The number of hydrogen-bond donors (Lipinski definition) is 2. The highest BCUT2D eigenvalue weighted by molar-refractivity contribution is 5.92. The fourth-order valence-corrected chi connectivity index (χ4v) is 3.69. The van der Waals surface area contributed by atoms with Crippen LogP contribution in [0, 0.1) is 11.7 Å². The number of nitrogens with zero attached hydrogens (tertiary/aromatic N) is 3. The first-order valence-corrected chi connectivity index (χ1v) is 9.36. The van der Waals surface area contributed by atoms with Crippen LogP contribution in [0.3, 0.4) is 0 Å². The highest BCUT2D eigenvalue weighted by Gasteiger charge is 2.30. The van der Waals surface area contributed by atoms with E-state index in [4.69, 9.17) is 16.6 Å². The number of anilines is 1. The van der Waals surface area contributed by atoms with Crippen LogP contribution in [0.25, 0.3) is 27.9 Å². The van der Waals surface area contributed by atoms with Gasteiger partial charge >= 0.3 is 0 Å². The Hall–Kier alpha value is -3.25. The fraction of sp³-hybridized carbons (Fsp3) is 0.182. The quantitative estimate of drug-likeness (QED) is 0.562. The summed E-state index contributed by atoms with van der Waals surface area (Å²) in [6.45, 7) is 0. The average molecular weight is 373 g/mol. The molecule has 0 aliphatic heterocycles. The van der Waals surface area contributed by atoms with Crippen molar-refractivity contribution in [3.8, 4) is 22.4 Å². The fourth-order valence-electron chi connectivity index (χ4n) is 3.69. The molecule has 0 unspecified atom stereocenters. The number of rotatable bonds is 4. The molecule has 1 aliphatic carbocycles. The highest BCUT2D eigenvalue weighted by Crippen LogP contribution is 2.40. The molecule has 3 aromatic heterocycles. The molecular formula is C22H20FN5. The van der Waals surface area contributed by atoms with Crippen LogP contribution in [0.4, 0.5) is 10.2 Å². The lowest BCUT2D eigenvalue weighted by molar-refractivity contribution is 0.627. The van der Waals surface area contributed by atoms with Crippen LogP contribution in [-0.4, -0.2) is 14.6 Å². The summed E-state index contributed by atoms with van der Waals surface area (Å²) < 4.78 is 15.3. The number of benzene rings is 1. The van der Waals surface area contributed by atoms with Gasteiger partial charge in [0.05, 0.1) is 5.52 Å². The summed E-state index contributed by atoms with van der Waals surface area (Å²) in [6.07, 6.45) is 6.04. The summed E-state index contributed by atoms with van der Waals surface area (Å²) in [7, 11) is 0. The van der Waals surface area contributed by atoms with Gasteiger partial charge in [0.25, 0.3) is 0 Å². The Morgan fingerprint density at radius 2 is 1.82 bits per heavy atom. The summed E-state index contributed by atoms with van der Waals surface area (Å²) >= 11 is 0. The molecule has 3 heterocycles. The zero-order valence-electron chi connectivity index (χ0n) is 15.2. The third-order valence-corrected chi connectivity index (χ3v) is 5.35. The molecule has 1 saturated carbocycles. The molecule has 0 spiro atoms. The van der Waals surface area contributed by atoms with Crippen molar-refractivity contribution in [2.24, 2.45) is 11.7 Å². The number of hydrogen-bond acceptors (Lipinski definition) is 4. The Labute approximate surface area is 161 Å².